The number of rotatable bonds is 3. The number of nitrogens with one attached hydrogen (secondary N) is 2. The number of aryl methyl sites for hydroxylation is 1. The van der Waals surface area contributed by atoms with E-state index in [9.17, 15) is 9.18 Å². The Labute approximate surface area is 161 Å². The predicted octanol–water partition coefficient (Wildman–Crippen LogP) is 4.92. The number of fused-ring (bicyclic) bond motifs is 1. The van der Waals surface area contributed by atoms with Crippen LogP contribution in [0.1, 0.15) is 39.7 Å². The first-order valence-electron chi connectivity index (χ1n) is 8.46. The molecule has 1 aromatic carbocycles. The Morgan fingerprint density at radius 2 is 2.15 bits per heavy atom. The van der Waals surface area contributed by atoms with Gasteiger partial charge >= 0.3 is 5.97 Å². The topological polar surface area (TPSA) is 50.4 Å². The number of hydrogen-bond acceptors (Lipinski definition) is 4. The molecule has 2 aromatic rings. The van der Waals surface area contributed by atoms with Gasteiger partial charge in [-0.15, -0.1) is 11.3 Å². The van der Waals surface area contributed by atoms with Crippen molar-refractivity contribution in [3.8, 4) is 0 Å². The first kappa shape index (κ1) is 18.8. The molecule has 0 saturated carbocycles. The molecule has 0 amide bonds. The van der Waals surface area contributed by atoms with Gasteiger partial charge in [-0.2, -0.15) is 0 Å². The van der Waals surface area contributed by atoms with Crippen LogP contribution in [0.15, 0.2) is 18.2 Å². The Balaban J connectivity index is 1.86. The molecule has 0 fully saturated rings. The van der Waals surface area contributed by atoms with Crippen molar-refractivity contribution in [1.82, 2.24) is 0 Å². The second-order valence-electron chi connectivity index (χ2n) is 6.59. The zero-order chi connectivity index (χ0) is 18.8. The van der Waals surface area contributed by atoms with Gasteiger partial charge in [-0.3, -0.25) is 0 Å². The lowest BCUT2D eigenvalue weighted by Gasteiger charge is -2.18. The van der Waals surface area contributed by atoms with Crippen LogP contribution in [0.3, 0.4) is 0 Å². The van der Waals surface area contributed by atoms with E-state index in [0.717, 1.165) is 30.4 Å². The first-order valence-corrected chi connectivity index (χ1v) is 9.68. The van der Waals surface area contributed by atoms with Gasteiger partial charge in [0.2, 0.25) is 0 Å². The monoisotopic (exact) mass is 392 g/mol. The summed E-state index contributed by atoms with van der Waals surface area (Å²) in [6.07, 6.45) is 2.87. The van der Waals surface area contributed by atoms with Gasteiger partial charge in [0.15, 0.2) is 5.11 Å². The molecule has 3 rings (SSSR count). The predicted molar refractivity (Wildman–Crippen MR) is 108 cm³/mol. The largest absolute Gasteiger partial charge is 0.465 e. The van der Waals surface area contributed by atoms with Crippen LogP contribution >= 0.6 is 23.6 Å². The van der Waals surface area contributed by atoms with Gasteiger partial charge in [-0.05, 0) is 67.6 Å². The normalized spacial score (nSPS) is 15.9. The average molecular weight is 393 g/mol. The molecule has 1 aliphatic rings. The van der Waals surface area contributed by atoms with Gasteiger partial charge in [0.05, 0.1) is 12.7 Å². The Bertz CT molecular complexity index is 863. The van der Waals surface area contributed by atoms with Crippen LogP contribution in [-0.2, 0) is 17.6 Å². The molecule has 1 aromatic heterocycles. The summed E-state index contributed by atoms with van der Waals surface area (Å²) < 4.78 is 18.4. The molecule has 1 aliphatic carbocycles. The minimum absolute atomic E-state index is 0.315. The van der Waals surface area contributed by atoms with Crippen molar-refractivity contribution in [2.45, 2.75) is 33.1 Å². The van der Waals surface area contributed by atoms with Crippen molar-refractivity contribution < 1.29 is 13.9 Å². The molecule has 7 heteroatoms. The smallest absolute Gasteiger partial charge is 0.341 e. The Morgan fingerprint density at radius 1 is 1.38 bits per heavy atom. The summed E-state index contributed by atoms with van der Waals surface area (Å²) in [5, 5.41) is 7.11. The quantitative estimate of drug-likeness (QED) is 0.574. The highest BCUT2D eigenvalue weighted by atomic mass is 32.1. The van der Waals surface area contributed by atoms with E-state index in [1.165, 1.54) is 24.1 Å². The fraction of sp³-hybridized carbons (Fsp3) is 0.368. The molecule has 26 heavy (non-hydrogen) atoms. The zero-order valence-electron chi connectivity index (χ0n) is 14.9. The van der Waals surface area contributed by atoms with E-state index in [1.807, 2.05) is 6.92 Å². The maximum Gasteiger partial charge on any atom is 0.341 e. The summed E-state index contributed by atoms with van der Waals surface area (Å²) >= 11 is 6.92. The lowest BCUT2D eigenvalue weighted by molar-refractivity contribution is 0.0601. The number of carbonyl (C=O) groups is 1. The van der Waals surface area contributed by atoms with E-state index in [-0.39, 0.29) is 11.8 Å². The molecule has 0 radical (unpaired) electrons. The molecule has 2 N–H and O–H groups in total. The number of halogens is 1. The Morgan fingerprint density at radius 3 is 2.88 bits per heavy atom. The van der Waals surface area contributed by atoms with Gasteiger partial charge in [-0.25, -0.2) is 9.18 Å². The highest BCUT2D eigenvalue weighted by molar-refractivity contribution is 7.80. The number of methoxy groups -OCH3 is 1. The van der Waals surface area contributed by atoms with Crippen LogP contribution < -0.4 is 10.6 Å². The summed E-state index contributed by atoms with van der Waals surface area (Å²) in [5.74, 6) is -0.0967. The number of carbonyl (C=O) groups excluding carboxylic acids is 1. The molecule has 0 spiro atoms. The van der Waals surface area contributed by atoms with Gasteiger partial charge < -0.3 is 15.4 Å². The second-order valence-corrected chi connectivity index (χ2v) is 8.10. The third kappa shape index (κ3) is 3.88. The van der Waals surface area contributed by atoms with E-state index in [4.69, 9.17) is 17.0 Å². The second kappa shape index (κ2) is 7.72. The molecule has 1 heterocycles. The number of thiocarbonyl (C=S) groups is 1. The SMILES string of the molecule is COC(=O)c1c(NC(=S)Nc2cc(F)ccc2C)sc2c1CCC(C)C2. The lowest BCUT2D eigenvalue weighted by Crippen LogP contribution is -2.21. The number of benzene rings is 1. The van der Waals surface area contributed by atoms with Gasteiger partial charge in [0.25, 0.3) is 0 Å². The van der Waals surface area contributed by atoms with Crippen LogP contribution in [-0.4, -0.2) is 18.2 Å². The molecule has 138 valence electrons. The van der Waals surface area contributed by atoms with Gasteiger partial charge in [0, 0.05) is 10.6 Å². The van der Waals surface area contributed by atoms with Crippen molar-refractivity contribution in [2.24, 2.45) is 5.92 Å². The first-order chi connectivity index (χ1) is 12.4. The highest BCUT2D eigenvalue weighted by Crippen LogP contribution is 2.40. The molecule has 1 atom stereocenters. The number of hydrogen-bond donors (Lipinski definition) is 2. The van der Waals surface area contributed by atoms with Gasteiger partial charge in [-0.1, -0.05) is 13.0 Å². The highest BCUT2D eigenvalue weighted by Gasteiger charge is 2.28. The molecular formula is C19H21FN2O2S2. The van der Waals surface area contributed by atoms with Crippen molar-refractivity contribution in [2.75, 3.05) is 17.7 Å². The van der Waals surface area contributed by atoms with Crippen LogP contribution in [0.2, 0.25) is 0 Å². The van der Waals surface area contributed by atoms with Crippen LogP contribution in [0, 0.1) is 18.7 Å². The molecule has 0 aliphatic heterocycles. The number of esters is 1. The summed E-state index contributed by atoms with van der Waals surface area (Å²) in [5.41, 5.74) is 3.10. The Kier molecular flexibility index (Phi) is 5.58. The number of ether oxygens (including phenoxy) is 1. The molecule has 4 nitrogen and oxygen atoms in total. The molecule has 0 bridgehead atoms. The standard InChI is InChI=1S/C19H21FN2O2S2/c1-10-4-7-13-15(8-10)26-17(16(13)18(23)24-3)22-19(25)21-14-9-12(20)6-5-11(14)2/h5-6,9-10H,4,7-8H2,1-3H3,(H2,21,22,25). The summed E-state index contributed by atoms with van der Waals surface area (Å²) in [6.45, 7) is 4.09. The third-order valence-corrected chi connectivity index (χ3v) is 5.95. The van der Waals surface area contributed by atoms with Crippen LogP contribution in [0.5, 0.6) is 0 Å². The fourth-order valence-corrected chi connectivity index (χ4v) is 4.82. The summed E-state index contributed by atoms with van der Waals surface area (Å²) in [7, 11) is 1.38. The van der Waals surface area contributed by atoms with E-state index in [0.29, 0.717) is 27.3 Å². The maximum atomic E-state index is 13.5. The van der Waals surface area contributed by atoms with E-state index in [1.54, 1.807) is 17.4 Å². The fourth-order valence-electron chi connectivity index (χ4n) is 3.14. The van der Waals surface area contributed by atoms with Gasteiger partial charge in [0.1, 0.15) is 10.8 Å². The third-order valence-electron chi connectivity index (χ3n) is 4.58. The van der Waals surface area contributed by atoms with Crippen molar-refractivity contribution in [1.29, 1.82) is 0 Å². The minimum Gasteiger partial charge on any atom is -0.465 e. The summed E-state index contributed by atoms with van der Waals surface area (Å²) in [4.78, 5) is 13.5. The number of thiophene rings is 1. The van der Waals surface area contributed by atoms with Crippen molar-refractivity contribution >= 4 is 45.3 Å². The number of anilines is 2. The minimum atomic E-state index is -0.357. The maximum absolute atomic E-state index is 13.5. The molecule has 0 saturated heterocycles. The molecule has 1 unspecified atom stereocenters. The van der Waals surface area contributed by atoms with Crippen molar-refractivity contribution in [3.05, 3.63) is 45.6 Å². The molecular weight excluding hydrogens is 371 g/mol. The average Bonchev–Trinajstić information content (AvgIpc) is 2.94. The van der Waals surface area contributed by atoms with E-state index < -0.39 is 0 Å². The van der Waals surface area contributed by atoms with E-state index >= 15 is 0 Å². The van der Waals surface area contributed by atoms with Crippen LogP contribution in [0.25, 0.3) is 0 Å². The van der Waals surface area contributed by atoms with Crippen LogP contribution in [0.4, 0.5) is 15.1 Å². The summed E-state index contributed by atoms with van der Waals surface area (Å²) in [6, 6.07) is 4.48. The Hall–Kier alpha value is -1.99. The van der Waals surface area contributed by atoms with Crippen molar-refractivity contribution in [3.63, 3.8) is 0 Å². The lowest BCUT2D eigenvalue weighted by atomic mass is 9.88. The zero-order valence-corrected chi connectivity index (χ0v) is 16.6. The van der Waals surface area contributed by atoms with E-state index in [2.05, 4.69) is 17.6 Å².